The number of fused-ring (bicyclic) bond motifs is 1. The summed E-state index contributed by atoms with van der Waals surface area (Å²) in [4.78, 5) is 7.38. The number of benzene rings is 1. The molecule has 0 amide bonds. The third-order valence-electron chi connectivity index (χ3n) is 6.20. The van der Waals surface area contributed by atoms with Crippen LogP contribution in [-0.4, -0.2) is 68.1 Å². The molecule has 3 aliphatic rings. The number of rotatable bonds is 5. The Morgan fingerprint density at radius 1 is 0.838 bits per heavy atom. The zero-order chi connectivity index (χ0) is 27.1. The minimum atomic E-state index is -10.7. The van der Waals surface area contributed by atoms with E-state index in [1.165, 1.54) is 36.6 Å². The molecule has 1 unspecified atom stereocenters. The number of hydrogen-bond donors (Lipinski definition) is 0. The molecule has 3 fully saturated rings. The fraction of sp³-hybridized carbons (Fsp3) is 0.684. The zero-order valence-electron chi connectivity index (χ0n) is 19.5. The maximum absolute atomic E-state index is 13.2. The normalized spacial score (nSPS) is 24.3. The van der Waals surface area contributed by atoms with Gasteiger partial charge in [-0.05, 0) is 55.5 Å². The predicted molar refractivity (Wildman–Crippen MR) is 122 cm³/mol. The molecule has 18 heteroatoms. The number of hydrogen-bond acceptors (Lipinski definition) is 6. The van der Waals surface area contributed by atoms with Crippen molar-refractivity contribution in [2.24, 2.45) is 0 Å². The van der Waals surface area contributed by atoms with Gasteiger partial charge in [0.1, 0.15) is 11.0 Å². The Bertz CT molecular complexity index is 1060. The van der Waals surface area contributed by atoms with Gasteiger partial charge in [0.15, 0.2) is 0 Å². The van der Waals surface area contributed by atoms with Crippen LogP contribution in [0.3, 0.4) is 0 Å². The van der Waals surface area contributed by atoms with Gasteiger partial charge in [0.05, 0.1) is 5.56 Å². The summed E-state index contributed by atoms with van der Waals surface area (Å²) in [7, 11) is -11.7. The average molecular weight is 588 g/mol. The minimum absolute atomic E-state index is 0.195. The summed E-state index contributed by atoms with van der Waals surface area (Å²) in [5.41, 5.74) is -0.0609. The molecule has 1 aromatic carbocycles. The third-order valence-corrected chi connectivity index (χ3v) is 9.25. The van der Waals surface area contributed by atoms with Crippen molar-refractivity contribution in [3.63, 3.8) is 0 Å². The fourth-order valence-corrected chi connectivity index (χ4v) is 8.09. The van der Waals surface area contributed by atoms with E-state index in [1.807, 2.05) is 0 Å². The van der Waals surface area contributed by atoms with Crippen molar-refractivity contribution < 1.29 is 43.2 Å². The number of aromatic nitrogens is 3. The molecule has 0 N–H and O–H groups in total. The van der Waals surface area contributed by atoms with Crippen molar-refractivity contribution in [1.82, 2.24) is 29.2 Å². The molecule has 1 atom stereocenters. The van der Waals surface area contributed by atoms with Crippen LogP contribution in [0.15, 0.2) is 18.2 Å². The van der Waals surface area contributed by atoms with Crippen molar-refractivity contribution in [2.45, 2.75) is 50.9 Å². The zero-order valence-corrected chi connectivity index (χ0v) is 21.4. The van der Waals surface area contributed by atoms with E-state index in [0.717, 1.165) is 57.7 Å². The van der Waals surface area contributed by atoms with E-state index in [2.05, 4.69) is 24.3 Å². The quantitative estimate of drug-likeness (QED) is 0.282. The standard InChI is InChI=1S/C19H26F3N6OP.F6P/c20-19(21,22)15-7-8-16-17(14-15)28(24-23-16)29-18-6-5-13-27(18)30(25-9-1-2-10-25)26-11-3-4-12-26;1-7(2,3,4,5)6/h7-8,14,18H,1-6,9-13H2;/q;-1/p+1. The van der Waals surface area contributed by atoms with Gasteiger partial charge in [-0.25, -0.2) is 0 Å². The van der Waals surface area contributed by atoms with Gasteiger partial charge in [-0.3, -0.25) is 0 Å². The van der Waals surface area contributed by atoms with Crippen LogP contribution in [0, 0.1) is 0 Å². The van der Waals surface area contributed by atoms with Crippen molar-refractivity contribution in [3.05, 3.63) is 23.8 Å². The van der Waals surface area contributed by atoms with Crippen LogP contribution >= 0.6 is 16.2 Å². The van der Waals surface area contributed by atoms with Crippen molar-refractivity contribution in [2.75, 3.05) is 32.7 Å². The first-order valence-electron chi connectivity index (χ1n) is 11.8. The van der Waals surface area contributed by atoms with Crippen LogP contribution in [0.1, 0.15) is 44.1 Å². The van der Waals surface area contributed by atoms with Crippen LogP contribution in [0.5, 0.6) is 0 Å². The summed E-state index contributed by atoms with van der Waals surface area (Å²) in [6, 6.07) is 3.45. The van der Waals surface area contributed by atoms with Crippen LogP contribution in [-0.2, 0) is 6.18 Å². The Morgan fingerprint density at radius 3 is 1.89 bits per heavy atom. The molecule has 3 aliphatic heterocycles. The Hall–Kier alpha value is -1.47. The SMILES string of the molecule is FC(F)(F)c1ccc2nnn(OC3CCCN3[PH+](N3CCCC3)N3CCCC3)c2c1.F[P-](F)(F)(F)(F)F. The fourth-order valence-electron chi connectivity index (χ4n) is 4.74. The molecule has 0 saturated carbocycles. The van der Waals surface area contributed by atoms with E-state index < -0.39 is 27.9 Å². The molecule has 0 spiro atoms. The summed E-state index contributed by atoms with van der Waals surface area (Å²) in [6.45, 7) is 5.43. The van der Waals surface area contributed by atoms with Crippen molar-refractivity contribution in [1.29, 1.82) is 0 Å². The van der Waals surface area contributed by atoms with Crippen LogP contribution in [0.2, 0.25) is 0 Å². The maximum atomic E-state index is 13.2. The molecular formula is C19H27F9N6OP2. The number of nitrogens with zero attached hydrogens (tertiary/aromatic N) is 6. The van der Waals surface area contributed by atoms with Gasteiger partial charge in [0.25, 0.3) is 0 Å². The first-order valence-corrected chi connectivity index (χ1v) is 15.1. The van der Waals surface area contributed by atoms with E-state index in [9.17, 15) is 38.4 Å². The summed E-state index contributed by atoms with van der Waals surface area (Å²) in [5.74, 6) is 0. The second kappa shape index (κ2) is 9.62. The van der Waals surface area contributed by atoms with Gasteiger partial charge >= 0.3 is 39.2 Å². The third kappa shape index (κ3) is 8.26. The van der Waals surface area contributed by atoms with E-state index in [1.54, 1.807) is 0 Å². The van der Waals surface area contributed by atoms with Gasteiger partial charge in [0, 0.05) is 39.1 Å². The summed E-state index contributed by atoms with van der Waals surface area (Å²) in [5, 5.41) is 8.00. The van der Waals surface area contributed by atoms with Crippen molar-refractivity contribution in [3.8, 4) is 0 Å². The van der Waals surface area contributed by atoms with E-state index >= 15 is 0 Å². The summed E-state index contributed by atoms with van der Waals surface area (Å²) in [6.07, 6.45) is 2.18. The molecule has 212 valence electrons. The van der Waals surface area contributed by atoms with Gasteiger partial charge in [0.2, 0.25) is 14.6 Å². The Morgan fingerprint density at radius 2 is 1.38 bits per heavy atom. The Balaban J connectivity index is 0.000000405. The summed E-state index contributed by atoms with van der Waals surface area (Å²) >= 11 is 0. The number of alkyl halides is 3. The number of halogens is 9. The molecule has 2 aromatic rings. The molecule has 1 aromatic heterocycles. The second-order valence-electron chi connectivity index (χ2n) is 9.21. The monoisotopic (exact) mass is 588 g/mol. The summed E-state index contributed by atoms with van der Waals surface area (Å²) < 4.78 is 106. The predicted octanol–water partition coefficient (Wildman–Crippen LogP) is 6.83. The Labute approximate surface area is 207 Å². The molecule has 0 aliphatic carbocycles. The van der Waals surface area contributed by atoms with Gasteiger partial charge in [-0.2, -0.15) is 22.5 Å². The van der Waals surface area contributed by atoms with Gasteiger partial charge in [-0.1, -0.05) is 4.85 Å². The molecular weight excluding hydrogens is 561 g/mol. The van der Waals surface area contributed by atoms with Gasteiger partial charge in [-0.15, -0.1) is 9.77 Å². The molecule has 5 rings (SSSR count). The molecule has 0 radical (unpaired) electrons. The molecule has 4 heterocycles. The van der Waals surface area contributed by atoms with Crippen LogP contribution < -0.4 is 4.84 Å². The molecule has 3 saturated heterocycles. The van der Waals surface area contributed by atoms with Gasteiger partial charge < -0.3 is 4.84 Å². The second-order valence-corrected chi connectivity index (χ2v) is 13.6. The molecule has 0 bridgehead atoms. The average Bonchev–Trinajstić information content (AvgIpc) is 3.55. The topological polar surface area (TPSA) is 49.7 Å². The van der Waals surface area contributed by atoms with E-state index in [0.29, 0.717) is 5.52 Å². The molecule has 7 nitrogen and oxygen atoms in total. The van der Waals surface area contributed by atoms with Crippen LogP contribution in [0.25, 0.3) is 11.0 Å². The molecule has 37 heavy (non-hydrogen) atoms. The van der Waals surface area contributed by atoms with Crippen LogP contribution in [0.4, 0.5) is 38.4 Å². The van der Waals surface area contributed by atoms with Crippen molar-refractivity contribution >= 4 is 27.2 Å². The van der Waals surface area contributed by atoms with E-state index in [4.69, 9.17) is 4.84 Å². The Kier molecular flexibility index (Phi) is 7.42. The first kappa shape index (κ1) is 28.5. The first-order chi connectivity index (χ1) is 17.0. The van der Waals surface area contributed by atoms with E-state index in [-0.39, 0.29) is 11.7 Å².